The molecule has 0 saturated carbocycles. The predicted octanol–water partition coefficient (Wildman–Crippen LogP) is 3.34. The molecule has 0 spiro atoms. The summed E-state index contributed by atoms with van der Waals surface area (Å²) in [5, 5.41) is 10.0. The second kappa shape index (κ2) is 5.78. The first kappa shape index (κ1) is 14.0. The van der Waals surface area contributed by atoms with E-state index in [0.29, 0.717) is 6.42 Å². The van der Waals surface area contributed by atoms with Crippen molar-refractivity contribution >= 4 is 17.7 Å². The molecule has 3 rings (SSSR count). The number of likely N-dealkylation sites (tertiary alicyclic amines) is 1. The van der Waals surface area contributed by atoms with E-state index < -0.39 is 11.5 Å². The molecular weight excluding hydrogens is 270 g/mol. The van der Waals surface area contributed by atoms with Gasteiger partial charge in [0.15, 0.2) is 0 Å². The second-order valence-electron chi connectivity index (χ2n) is 5.66. The van der Waals surface area contributed by atoms with E-state index in [0.717, 1.165) is 42.1 Å². The summed E-state index contributed by atoms with van der Waals surface area (Å²) in [5.74, 6) is 0.215. The summed E-state index contributed by atoms with van der Waals surface area (Å²) in [6.07, 6.45) is 5.39. The largest absolute Gasteiger partial charge is 0.480 e. The molecule has 2 heterocycles. The van der Waals surface area contributed by atoms with Crippen molar-refractivity contribution in [3.05, 3.63) is 29.8 Å². The lowest BCUT2D eigenvalue weighted by molar-refractivity contribution is -0.153. The molecule has 1 N–H and O–H groups in total. The van der Waals surface area contributed by atoms with Crippen molar-refractivity contribution in [2.75, 3.05) is 18.8 Å². The van der Waals surface area contributed by atoms with Crippen LogP contribution in [0.5, 0.6) is 0 Å². The maximum absolute atomic E-state index is 12.2. The van der Waals surface area contributed by atoms with E-state index in [-0.39, 0.29) is 0 Å². The van der Waals surface area contributed by atoms with Gasteiger partial charge in [-0.15, -0.1) is 11.8 Å². The van der Waals surface area contributed by atoms with E-state index >= 15 is 0 Å². The number of thioether (sulfide) groups is 1. The second-order valence-corrected chi connectivity index (χ2v) is 6.80. The number of carbonyl (C=O) groups is 1. The molecule has 4 heteroatoms. The lowest BCUT2D eigenvalue weighted by atomic mass is 9.84. The molecule has 2 aliphatic rings. The van der Waals surface area contributed by atoms with E-state index in [4.69, 9.17) is 0 Å². The normalized spacial score (nSPS) is 27.6. The molecule has 20 heavy (non-hydrogen) atoms. The average molecular weight is 291 g/mol. The first-order chi connectivity index (χ1) is 9.75. The Morgan fingerprint density at radius 2 is 1.85 bits per heavy atom. The molecule has 1 saturated heterocycles. The summed E-state index contributed by atoms with van der Waals surface area (Å²) >= 11 is 1.79. The van der Waals surface area contributed by atoms with Crippen molar-refractivity contribution in [3.8, 4) is 0 Å². The van der Waals surface area contributed by atoms with Gasteiger partial charge < -0.3 is 5.11 Å². The summed E-state index contributed by atoms with van der Waals surface area (Å²) in [6, 6.07) is 8.06. The lowest BCUT2D eigenvalue weighted by Crippen LogP contribution is -2.54. The zero-order valence-corrected chi connectivity index (χ0v) is 12.5. The third-order valence-electron chi connectivity index (χ3n) is 4.55. The van der Waals surface area contributed by atoms with Gasteiger partial charge in [0.05, 0.1) is 0 Å². The summed E-state index contributed by atoms with van der Waals surface area (Å²) in [7, 11) is 0. The van der Waals surface area contributed by atoms with Gasteiger partial charge in [-0.05, 0) is 44.0 Å². The third kappa shape index (κ3) is 2.25. The highest BCUT2D eigenvalue weighted by Crippen LogP contribution is 2.44. The van der Waals surface area contributed by atoms with Crippen molar-refractivity contribution in [3.63, 3.8) is 0 Å². The lowest BCUT2D eigenvalue weighted by Gasteiger charge is -2.43. The van der Waals surface area contributed by atoms with Crippen LogP contribution in [-0.2, 0) is 10.3 Å². The molecule has 0 aromatic heterocycles. The molecule has 1 unspecified atom stereocenters. The Labute approximate surface area is 124 Å². The van der Waals surface area contributed by atoms with Crippen molar-refractivity contribution in [2.45, 2.75) is 42.5 Å². The van der Waals surface area contributed by atoms with Crippen molar-refractivity contribution < 1.29 is 9.90 Å². The van der Waals surface area contributed by atoms with Crippen LogP contribution in [0, 0.1) is 0 Å². The number of carboxylic acid groups (broad SMARTS) is 1. The monoisotopic (exact) mass is 291 g/mol. The molecule has 2 aliphatic heterocycles. The minimum absolute atomic E-state index is 0.674. The topological polar surface area (TPSA) is 40.5 Å². The van der Waals surface area contributed by atoms with Gasteiger partial charge in [-0.1, -0.05) is 31.0 Å². The Bertz CT molecular complexity index is 497. The zero-order chi connectivity index (χ0) is 14.0. The van der Waals surface area contributed by atoms with Gasteiger partial charge >= 0.3 is 5.97 Å². The smallest absolute Gasteiger partial charge is 0.328 e. The summed E-state index contributed by atoms with van der Waals surface area (Å²) in [4.78, 5) is 15.6. The Hall–Kier alpha value is -1.00. The van der Waals surface area contributed by atoms with Crippen LogP contribution in [0.15, 0.2) is 29.2 Å². The van der Waals surface area contributed by atoms with Gasteiger partial charge in [-0.3, -0.25) is 4.90 Å². The predicted molar refractivity (Wildman–Crippen MR) is 81.1 cm³/mol. The fraction of sp³-hybridized carbons (Fsp3) is 0.562. The molecule has 1 fully saturated rings. The Morgan fingerprint density at radius 1 is 1.15 bits per heavy atom. The van der Waals surface area contributed by atoms with Crippen LogP contribution in [0.1, 0.15) is 37.7 Å². The van der Waals surface area contributed by atoms with Crippen LogP contribution in [0.3, 0.4) is 0 Å². The summed E-state index contributed by atoms with van der Waals surface area (Å²) in [6.45, 7) is 1.82. The minimum atomic E-state index is -0.799. The molecule has 1 aromatic rings. The van der Waals surface area contributed by atoms with Crippen LogP contribution in [0.4, 0.5) is 0 Å². The number of hydrogen-bond donors (Lipinski definition) is 1. The molecule has 0 amide bonds. The minimum Gasteiger partial charge on any atom is -0.480 e. The van der Waals surface area contributed by atoms with Gasteiger partial charge in [0.1, 0.15) is 5.54 Å². The van der Waals surface area contributed by atoms with Gasteiger partial charge in [0, 0.05) is 10.6 Å². The molecule has 1 atom stereocenters. The number of carboxylic acids is 1. The van der Waals surface area contributed by atoms with E-state index in [2.05, 4.69) is 11.0 Å². The maximum Gasteiger partial charge on any atom is 0.328 e. The first-order valence-corrected chi connectivity index (χ1v) is 8.44. The maximum atomic E-state index is 12.2. The Balaban J connectivity index is 2.06. The fourth-order valence-electron chi connectivity index (χ4n) is 3.52. The number of hydrogen-bond acceptors (Lipinski definition) is 3. The van der Waals surface area contributed by atoms with Crippen LogP contribution in [0.2, 0.25) is 0 Å². The van der Waals surface area contributed by atoms with Gasteiger partial charge in [0.2, 0.25) is 0 Å². The Kier molecular flexibility index (Phi) is 4.03. The van der Waals surface area contributed by atoms with Crippen LogP contribution < -0.4 is 0 Å². The SMILES string of the molecule is O=C(O)C1(N2CCCCCC2)CCSc2ccccc21. The fourth-order valence-corrected chi connectivity index (χ4v) is 4.70. The van der Waals surface area contributed by atoms with Gasteiger partial charge in [0.25, 0.3) is 0 Å². The van der Waals surface area contributed by atoms with Gasteiger partial charge in [-0.2, -0.15) is 0 Å². The molecule has 108 valence electrons. The molecule has 0 radical (unpaired) electrons. The third-order valence-corrected chi connectivity index (χ3v) is 5.63. The van der Waals surface area contributed by atoms with Crippen molar-refractivity contribution in [1.82, 2.24) is 4.90 Å². The Morgan fingerprint density at radius 3 is 2.55 bits per heavy atom. The quantitative estimate of drug-likeness (QED) is 0.907. The van der Waals surface area contributed by atoms with Crippen molar-refractivity contribution in [2.24, 2.45) is 0 Å². The van der Waals surface area contributed by atoms with Crippen LogP contribution in [0.25, 0.3) is 0 Å². The first-order valence-electron chi connectivity index (χ1n) is 7.46. The zero-order valence-electron chi connectivity index (χ0n) is 11.7. The van der Waals surface area contributed by atoms with E-state index in [1.54, 1.807) is 11.8 Å². The summed E-state index contributed by atoms with van der Waals surface area (Å²) < 4.78 is 0. The number of aliphatic carboxylic acids is 1. The van der Waals surface area contributed by atoms with Gasteiger partial charge in [-0.25, -0.2) is 4.79 Å². The molecule has 0 aliphatic carbocycles. The standard InChI is InChI=1S/C16H21NO2S/c18-15(19)16(17-10-5-1-2-6-11-17)9-12-20-14-8-4-3-7-13(14)16/h3-4,7-8H,1-2,5-6,9-12H2,(H,18,19). The van der Waals surface area contributed by atoms with Crippen LogP contribution in [-0.4, -0.2) is 34.8 Å². The molecular formula is C16H21NO2S. The number of fused-ring (bicyclic) bond motifs is 1. The summed E-state index contributed by atoms with van der Waals surface area (Å²) in [5.41, 5.74) is 0.206. The van der Waals surface area contributed by atoms with E-state index in [1.807, 2.05) is 18.2 Å². The van der Waals surface area contributed by atoms with E-state index in [9.17, 15) is 9.90 Å². The van der Waals surface area contributed by atoms with E-state index in [1.165, 1.54) is 12.8 Å². The molecule has 3 nitrogen and oxygen atoms in total. The molecule has 1 aromatic carbocycles. The highest BCUT2D eigenvalue weighted by molar-refractivity contribution is 7.99. The number of nitrogens with zero attached hydrogens (tertiary/aromatic N) is 1. The average Bonchev–Trinajstić information content (AvgIpc) is 2.75. The van der Waals surface area contributed by atoms with Crippen molar-refractivity contribution in [1.29, 1.82) is 0 Å². The number of benzene rings is 1. The highest BCUT2D eigenvalue weighted by Gasteiger charge is 2.48. The molecule has 0 bridgehead atoms. The van der Waals surface area contributed by atoms with Crippen LogP contribution >= 0.6 is 11.8 Å². The number of rotatable bonds is 2. The highest BCUT2D eigenvalue weighted by atomic mass is 32.2.